The van der Waals surface area contributed by atoms with Crippen molar-refractivity contribution >= 4 is 23.2 Å². The molecule has 20 heavy (non-hydrogen) atoms. The minimum atomic E-state index is 0.457. The van der Waals surface area contributed by atoms with E-state index >= 15 is 0 Å². The smallest absolute Gasteiger partial charge is 0.0453 e. The third-order valence-corrected chi connectivity index (χ3v) is 4.53. The van der Waals surface area contributed by atoms with Crippen LogP contribution in [0.5, 0.6) is 0 Å². The van der Waals surface area contributed by atoms with Gasteiger partial charge in [0.15, 0.2) is 0 Å². The molecule has 3 heteroatoms. The van der Waals surface area contributed by atoms with Crippen LogP contribution < -0.4 is 5.32 Å². The Labute approximate surface area is 134 Å². The number of rotatable bonds is 10. The van der Waals surface area contributed by atoms with Gasteiger partial charge >= 0.3 is 0 Å². The van der Waals surface area contributed by atoms with Crippen molar-refractivity contribution in [2.75, 3.05) is 7.05 Å². The molecule has 0 aliphatic heterocycles. The van der Waals surface area contributed by atoms with E-state index in [-0.39, 0.29) is 0 Å². The molecule has 0 amide bonds. The Bertz CT molecular complexity index is 359. The third-order valence-electron chi connectivity index (χ3n) is 3.83. The zero-order valence-corrected chi connectivity index (χ0v) is 14.2. The van der Waals surface area contributed by atoms with Crippen LogP contribution in [0.2, 0.25) is 10.0 Å². The summed E-state index contributed by atoms with van der Waals surface area (Å²) < 4.78 is 0. The molecule has 1 unspecified atom stereocenters. The molecule has 0 heterocycles. The van der Waals surface area contributed by atoms with Crippen molar-refractivity contribution in [3.8, 4) is 0 Å². The fraction of sp³-hybridized carbons (Fsp3) is 0.647. The van der Waals surface area contributed by atoms with Gasteiger partial charge in [-0.3, -0.25) is 0 Å². The lowest BCUT2D eigenvalue weighted by molar-refractivity contribution is 0.480. The predicted molar refractivity (Wildman–Crippen MR) is 91.0 cm³/mol. The quantitative estimate of drug-likeness (QED) is 0.532. The molecule has 0 aliphatic rings. The van der Waals surface area contributed by atoms with Crippen LogP contribution in [-0.2, 0) is 6.42 Å². The van der Waals surface area contributed by atoms with Gasteiger partial charge < -0.3 is 5.32 Å². The van der Waals surface area contributed by atoms with E-state index in [9.17, 15) is 0 Å². The molecule has 1 aromatic carbocycles. The number of halogens is 2. The average molecular weight is 316 g/mol. The third kappa shape index (κ3) is 6.47. The molecule has 1 aromatic rings. The molecule has 0 aromatic heterocycles. The predicted octanol–water partition coefficient (Wildman–Crippen LogP) is 5.87. The molecular formula is C17H27Cl2N. The minimum Gasteiger partial charge on any atom is -0.317 e. The van der Waals surface area contributed by atoms with Gasteiger partial charge in [0, 0.05) is 16.1 Å². The lowest BCUT2D eigenvalue weighted by atomic mass is 9.99. The first-order chi connectivity index (χ1) is 9.69. The molecule has 0 aliphatic carbocycles. The summed E-state index contributed by atoms with van der Waals surface area (Å²) in [6, 6.07) is 6.19. The normalized spacial score (nSPS) is 12.6. The van der Waals surface area contributed by atoms with Gasteiger partial charge in [0.05, 0.1) is 0 Å². The second-order valence-corrected chi connectivity index (χ2v) is 6.26. The molecule has 1 atom stereocenters. The van der Waals surface area contributed by atoms with E-state index in [0.29, 0.717) is 6.04 Å². The summed E-state index contributed by atoms with van der Waals surface area (Å²) in [6.07, 6.45) is 10.1. The molecule has 114 valence electrons. The topological polar surface area (TPSA) is 12.0 Å². The Morgan fingerprint density at radius 3 is 2.20 bits per heavy atom. The monoisotopic (exact) mass is 315 g/mol. The Balaban J connectivity index is 2.36. The van der Waals surface area contributed by atoms with Gasteiger partial charge in [0.25, 0.3) is 0 Å². The zero-order chi connectivity index (χ0) is 14.8. The van der Waals surface area contributed by atoms with E-state index < -0.39 is 0 Å². The maximum Gasteiger partial charge on any atom is 0.0453 e. The summed E-state index contributed by atoms with van der Waals surface area (Å²) in [5.74, 6) is 0. The molecule has 0 fully saturated rings. The van der Waals surface area contributed by atoms with Crippen LogP contribution in [0.1, 0.15) is 57.4 Å². The van der Waals surface area contributed by atoms with E-state index in [4.69, 9.17) is 23.2 Å². The second-order valence-electron chi connectivity index (χ2n) is 5.45. The van der Waals surface area contributed by atoms with Gasteiger partial charge in [0.1, 0.15) is 0 Å². The van der Waals surface area contributed by atoms with Gasteiger partial charge in [0.2, 0.25) is 0 Å². The number of benzene rings is 1. The summed E-state index contributed by atoms with van der Waals surface area (Å²) >= 11 is 12.5. The fourth-order valence-electron chi connectivity index (χ4n) is 2.49. The van der Waals surface area contributed by atoms with Crippen LogP contribution in [0.15, 0.2) is 18.2 Å². The van der Waals surface area contributed by atoms with Crippen molar-refractivity contribution in [3.05, 3.63) is 33.8 Å². The van der Waals surface area contributed by atoms with E-state index in [2.05, 4.69) is 12.2 Å². The maximum absolute atomic E-state index is 6.24. The highest BCUT2D eigenvalue weighted by molar-refractivity contribution is 6.35. The van der Waals surface area contributed by atoms with Crippen LogP contribution in [0.4, 0.5) is 0 Å². The summed E-state index contributed by atoms with van der Waals surface area (Å²) in [4.78, 5) is 0. The first kappa shape index (κ1) is 17.8. The van der Waals surface area contributed by atoms with Crippen molar-refractivity contribution in [3.63, 3.8) is 0 Å². The van der Waals surface area contributed by atoms with E-state index in [0.717, 1.165) is 22.0 Å². The molecule has 1 rings (SSSR count). The number of hydrogen-bond acceptors (Lipinski definition) is 1. The first-order valence-electron chi connectivity index (χ1n) is 7.79. The number of hydrogen-bond donors (Lipinski definition) is 1. The Kier molecular flexibility index (Phi) is 9.33. The SMILES string of the molecule is CCCCCCCCC(Cc1c(Cl)cccc1Cl)NC. The standard InChI is InChI=1S/C17H27Cl2N/c1-3-4-5-6-7-8-10-14(20-2)13-15-16(18)11-9-12-17(15)19/h9,11-12,14,20H,3-8,10,13H2,1-2H3. The largest absolute Gasteiger partial charge is 0.317 e. The summed E-state index contributed by atoms with van der Waals surface area (Å²) in [7, 11) is 2.02. The van der Waals surface area contributed by atoms with Crippen LogP contribution in [-0.4, -0.2) is 13.1 Å². The fourth-order valence-corrected chi connectivity index (χ4v) is 3.05. The highest BCUT2D eigenvalue weighted by Crippen LogP contribution is 2.26. The maximum atomic E-state index is 6.24. The van der Waals surface area contributed by atoms with E-state index in [1.54, 1.807) is 0 Å². The zero-order valence-electron chi connectivity index (χ0n) is 12.7. The Hall–Kier alpha value is -0.240. The van der Waals surface area contributed by atoms with Crippen LogP contribution in [0.3, 0.4) is 0 Å². The van der Waals surface area contributed by atoms with E-state index in [1.807, 2.05) is 25.2 Å². The molecule has 0 spiro atoms. The van der Waals surface area contributed by atoms with Crippen molar-refractivity contribution in [1.29, 1.82) is 0 Å². The minimum absolute atomic E-state index is 0.457. The first-order valence-corrected chi connectivity index (χ1v) is 8.54. The average Bonchev–Trinajstić information content (AvgIpc) is 2.44. The summed E-state index contributed by atoms with van der Waals surface area (Å²) in [6.45, 7) is 2.25. The lowest BCUT2D eigenvalue weighted by Crippen LogP contribution is -2.27. The Morgan fingerprint density at radius 1 is 1.00 bits per heavy atom. The Morgan fingerprint density at radius 2 is 1.60 bits per heavy atom. The van der Waals surface area contributed by atoms with Crippen molar-refractivity contribution < 1.29 is 0 Å². The highest BCUT2D eigenvalue weighted by Gasteiger charge is 2.12. The summed E-state index contributed by atoms with van der Waals surface area (Å²) in [5.41, 5.74) is 1.07. The van der Waals surface area contributed by atoms with Crippen LogP contribution >= 0.6 is 23.2 Å². The molecule has 0 saturated carbocycles. The molecular weight excluding hydrogens is 289 g/mol. The van der Waals surface area contributed by atoms with Gasteiger partial charge in [-0.1, -0.05) is 74.7 Å². The molecule has 0 bridgehead atoms. The van der Waals surface area contributed by atoms with Crippen molar-refractivity contribution in [1.82, 2.24) is 5.32 Å². The van der Waals surface area contributed by atoms with E-state index in [1.165, 1.54) is 44.9 Å². The molecule has 0 radical (unpaired) electrons. The molecule has 1 N–H and O–H groups in total. The van der Waals surface area contributed by atoms with Gasteiger partial charge in [-0.05, 0) is 37.6 Å². The number of likely N-dealkylation sites (N-methyl/N-ethyl adjacent to an activating group) is 1. The van der Waals surface area contributed by atoms with Crippen LogP contribution in [0.25, 0.3) is 0 Å². The van der Waals surface area contributed by atoms with Gasteiger partial charge in [-0.25, -0.2) is 0 Å². The molecule has 0 saturated heterocycles. The van der Waals surface area contributed by atoms with Crippen molar-refractivity contribution in [2.45, 2.75) is 64.3 Å². The van der Waals surface area contributed by atoms with Crippen molar-refractivity contribution in [2.24, 2.45) is 0 Å². The van der Waals surface area contributed by atoms with Crippen LogP contribution in [0, 0.1) is 0 Å². The lowest BCUT2D eigenvalue weighted by Gasteiger charge is -2.18. The highest BCUT2D eigenvalue weighted by atomic mass is 35.5. The summed E-state index contributed by atoms with van der Waals surface area (Å²) in [5, 5.41) is 4.95. The molecule has 1 nitrogen and oxygen atoms in total. The number of unbranched alkanes of at least 4 members (excludes halogenated alkanes) is 5. The van der Waals surface area contributed by atoms with Gasteiger partial charge in [-0.2, -0.15) is 0 Å². The van der Waals surface area contributed by atoms with Gasteiger partial charge in [-0.15, -0.1) is 0 Å². The number of nitrogens with one attached hydrogen (secondary N) is 1. The second kappa shape index (κ2) is 10.5.